The number of benzene rings is 1. The summed E-state index contributed by atoms with van der Waals surface area (Å²) in [6.45, 7) is 0.350. The van der Waals surface area contributed by atoms with Crippen molar-refractivity contribution in [2.45, 2.75) is 89.9 Å². The number of aromatic hydroxyl groups is 1. The van der Waals surface area contributed by atoms with Gasteiger partial charge in [0.15, 0.2) is 0 Å². The molecule has 0 atom stereocenters. The van der Waals surface area contributed by atoms with Gasteiger partial charge < -0.3 is 10.2 Å². The molecule has 0 saturated carbocycles. The van der Waals surface area contributed by atoms with Gasteiger partial charge >= 0.3 is 0 Å². The SMILES string of the molecule is OCCCCCCCCCCCCCCCc1ccc2cccc(O)c2n1. The molecule has 0 amide bonds. The fourth-order valence-corrected chi connectivity index (χ4v) is 3.67. The van der Waals surface area contributed by atoms with Gasteiger partial charge in [-0.25, -0.2) is 4.98 Å². The fourth-order valence-electron chi connectivity index (χ4n) is 3.67. The third-order valence-corrected chi connectivity index (χ3v) is 5.35. The highest BCUT2D eigenvalue weighted by Gasteiger charge is 2.03. The Morgan fingerprint density at radius 3 is 1.78 bits per heavy atom. The van der Waals surface area contributed by atoms with Gasteiger partial charge in [-0.1, -0.05) is 88.8 Å². The van der Waals surface area contributed by atoms with Crippen LogP contribution in [0.5, 0.6) is 5.75 Å². The fraction of sp³-hybridized carbons (Fsp3) is 0.625. The van der Waals surface area contributed by atoms with E-state index in [2.05, 4.69) is 17.1 Å². The Morgan fingerprint density at radius 2 is 1.19 bits per heavy atom. The molecule has 1 aromatic carbocycles. The molecule has 0 unspecified atom stereocenters. The predicted octanol–water partition coefficient (Wildman–Crippen LogP) is 6.55. The summed E-state index contributed by atoms with van der Waals surface area (Å²) in [5.41, 5.74) is 1.81. The first-order valence-electron chi connectivity index (χ1n) is 11.0. The Hall–Kier alpha value is -1.61. The minimum Gasteiger partial charge on any atom is -0.506 e. The van der Waals surface area contributed by atoms with Gasteiger partial charge in [-0.05, 0) is 31.4 Å². The number of phenolic OH excluding ortho intramolecular Hbond substituents is 1. The molecular weight excluding hydrogens is 334 g/mol. The lowest BCUT2D eigenvalue weighted by molar-refractivity contribution is 0.282. The summed E-state index contributed by atoms with van der Waals surface area (Å²) in [6, 6.07) is 9.70. The van der Waals surface area contributed by atoms with Crippen LogP contribution in [0.4, 0.5) is 0 Å². The molecule has 1 heterocycles. The van der Waals surface area contributed by atoms with Crippen molar-refractivity contribution >= 4 is 10.9 Å². The highest BCUT2D eigenvalue weighted by Crippen LogP contribution is 2.23. The third kappa shape index (κ3) is 8.75. The van der Waals surface area contributed by atoms with E-state index < -0.39 is 0 Å². The number of hydrogen-bond donors (Lipinski definition) is 2. The van der Waals surface area contributed by atoms with Crippen molar-refractivity contribution < 1.29 is 10.2 Å². The number of nitrogens with zero attached hydrogens (tertiary/aromatic N) is 1. The zero-order chi connectivity index (χ0) is 19.2. The van der Waals surface area contributed by atoms with Gasteiger partial charge in [0, 0.05) is 17.7 Å². The van der Waals surface area contributed by atoms with Crippen LogP contribution in [-0.2, 0) is 6.42 Å². The quantitative estimate of drug-likeness (QED) is 0.349. The molecule has 0 aliphatic heterocycles. The summed E-state index contributed by atoms with van der Waals surface area (Å²) < 4.78 is 0. The summed E-state index contributed by atoms with van der Waals surface area (Å²) in [6.07, 6.45) is 17.8. The van der Waals surface area contributed by atoms with Gasteiger partial charge in [0.25, 0.3) is 0 Å². The van der Waals surface area contributed by atoms with Crippen molar-refractivity contribution in [3.63, 3.8) is 0 Å². The summed E-state index contributed by atoms with van der Waals surface area (Å²) in [7, 11) is 0. The number of para-hydroxylation sites is 1. The average Bonchev–Trinajstić information content (AvgIpc) is 2.69. The number of aliphatic hydroxyl groups is 1. The average molecular weight is 372 g/mol. The highest BCUT2D eigenvalue weighted by atomic mass is 16.3. The number of unbranched alkanes of at least 4 members (excludes halogenated alkanes) is 12. The third-order valence-electron chi connectivity index (χ3n) is 5.35. The van der Waals surface area contributed by atoms with Crippen LogP contribution in [0.2, 0.25) is 0 Å². The molecule has 0 aliphatic rings. The molecule has 3 heteroatoms. The van der Waals surface area contributed by atoms with Gasteiger partial charge in [-0.15, -0.1) is 0 Å². The minimum absolute atomic E-state index is 0.277. The molecule has 0 saturated heterocycles. The minimum atomic E-state index is 0.277. The maximum Gasteiger partial charge on any atom is 0.141 e. The van der Waals surface area contributed by atoms with Crippen LogP contribution in [0.3, 0.4) is 0 Å². The van der Waals surface area contributed by atoms with Gasteiger partial charge in [0.05, 0.1) is 0 Å². The van der Waals surface area contributed by atoms with E-state index in [1.54, 1.807) is 6.07 Å². The van der Waals surface area contributed by atoms with E-state index in [9.17, 15) is 5.11 Å². The molecule has 0 fully saturated rings. The van der Waals surface area contributed by atoms with Crippen LogP contribution in [0, 0.1) is 0 Å². The molecule has 3 nitrogen and oxygen atoms in total. The lowest BCUT2D eigenvalue weighted by Gasteiger charge is -2.05. The molecule has 0 spiro atoms. The summed E-state index contributed by atoms with van der Waals surface area (Å²) in [5.74, 6) is 0.277. The highest BCUT2D eigenvalue weighted by molar-refractivity contribution is 5.84. The maximum atomic E-state index is 9.92. The van der Waals surface area contributed by atoms with E-state index in [4.69, 9.17) is 5.11 Å². The second-order valence-electron chi connectivity index (χ2n) is 7.72. The van der Waals surface area contributed by atoms with Crippen molar-refractivity contribution in [2.75, 3.05) is 6.61 Å². The summed E-state index contributed by atoms with van der Waals surface area (Å²) in [4.78, 5) is 4.61. The molecule has 0 bridgehead atoms. The molecule has 1 aromatic heterocycles. The van der Waals surface area contributed by atoms with E-state index in [0.29, 0.717) is 6.61 Å². The molecule has 150 valence electrons. The van der Waals surface area contributed by atoms with Crippen molar-refractivity contribution in [1.29, 1.82) is 0 Å². The normalized spacial score (nSPS) is 11.3. The molecule has 2 aromatic rings. The van der Waals surface area contributed by atoms with E-state index in [0.717, 1.165) is 29.4 Å². The lowest BCUT2D eigenvalue weighted by Crippen LogP contribution is -1.92. The Labute approximate surface area is 164 Å². The number of hydrogen-bond acceptors (Lipinski definition) is 3. The summed E-state index contributed by atoms with van der Waals surface area (Å²) >= 11 is 0. The number of fused-ring (bicyclic) bond motifs is 1. The zero-order valence-corrected chi connectivity index (χ0v) is 16.8. The molecule has 2 rings (SSSR count). The maximum absolute atomic E-state index is 9.92. The van der Waals surface area contributed by atoms with Crippen LogP contribution < -0.4 is 0 Å². The van der Waals surface area contributed by atoms with Crippen LogP contribution in [-0.4, -0.2) is 21.8 Å². The summed E-state index contributed by atoms with van der Waals surface area (Å²) in [5, 5.41) is 19.7. The van der Waals surface area contributed by atoms with E-state index >= 15 is 0 Å². The molecule has 0 aliphatic carbocycles. The topological polar surface area (TPSA) is 53.4 Å². The van der Waals surface area contributed by atoms with Gasteiger partial charge in [-0.3, -0.25) is 0 Å². The second-order valence-corrected chi connectivity index (χ2v) is 7.72. The van der Waals surface area contributed by atoms with Gasteiger partial charge in [-0.2, -0.15) is 0 Å². The molecule has 27 heavy (non-hydrogen) atoms. The van der Waals surface area contributed by atoms with E-state index in [1.807, 2.05) is 12.1 Å². The first-order valence-corrected chi connectivity index (χ1v) is 11.0. The molecule has 0 radical (unpaired) electrons. The van der Waals surface area contributed by atoms with Crippen molar-refractivity contribution in [3.8, 4) is 5.75 Å². The van der Waals surface area contributed by atoms with Crippen molar-refractivity contribution in [2.24, 2.45) is 0 Å². The van der Waals surface area contributed by atoms with Gasteiger partial charge in [0.2, 0.25) is 0 Å². The smallest absolute Gasteiger partial charge is 0.141 e. The largest absolute Gasteiger partial charge is 0.506 e. The van der Waals surface area contributed by atoms with Crippen LogP contribution in [0.25, 0.3) is 10.9 Å². The van der Waals surface area contributed by atoms with Crippen molar-refractivity contribution in [3.05, 3.63) is 36.0 Å². The molecule has 2 N–H and O–H groups in total. The van der Waals surface area contributed by atoms with Crippen LogP contribution >= 0.6 is 0 Å². The Kier molecular flexibility index (Phi) is 10.9. The number of rotatable bonds is 15. The Balaban J connectivity index is 1.44. The number of aliphatic hydroxyl groups excluding tert-OH is 1. The molecular formula is C24H37NO2. The predicted molar refractivity (Wildman–Crippen MR) is 114 cm³/mol. The first kappa shape index (κ1) is 21.7. The monoisotopic (exact) mass is 371 g/mol. The lowest BCUT2D eigenvalue weighted by atomic mass is 10.0. The number of phenols is 1. The number of pyridine rings is 1. The van der Waals surface area contributed by atoms with Crippen molar-refractivity contribution in [1.82, 2.24) is 4.98 Å². The number of aryl methyl sites for hydroxylation is 1. The van der Waals surface area contributed by atoms with E-state index in [1.165, 1.54) is 77.0 Å². The standard InChI is InChI=1S/C24H37NO2/c26-20-13-11-9-7-5-3-1-2-4-6-8-10-12-16-22-19-18-21-15-14-17-23(27)24(21)25-22/h14-15,17-19,26-27H,1-13,16,20H2. The first-order chi connectivity index (χ1) is 13.3. The Bertz CT molecular complexity index is 641. The van der Waals surface area contributed by atoms with Crippen LogP contribution in [0.15, 0.2) is 30.3 Å². The van der Waals surface area contributed by atoms with Crippen LogP contribution in [0.1, 0.15) is 89.2 Å². The zero-order valence-electron chi connectivity index (χ0n) is 16.8. The number of aromatic nitrogens is 1. The van der Waals surface area contributed by atoms with E-state index in [-0.39, 0.29) is 5.75 Å². The Morgan fingerprint density at radius 1 is 0.630 bits per heavy atom. The second kappa shape index (κ2) is 13.5. The van der Waals surface area contributed by atoms with Gasteiger partial charge in [0.1, 0.15) is 11.3 Å².